The van der Waals surface area contributed by atoms with E-state index in [1.165, 1.54) is 0 Å². The normalized spacial score (nSPS) is 10.9. The van der Waals surface area contributed by atoms with Crippen LogP contribution in [0.2, 0.25) is 0 Å². The zero-order valence-corrected chi connectivity index (χ0v) is 20.1. The number of benzene rings is 3. The summed E-state index contributed by atoms with van der Waals surface area (Å²) >= 11 is 0. The van der Waals surface area contributed by atoms with E-state index in [4.69, 9.17) is 4.74 Å². The molecule has 7 nitrogen and oxygen atoms in total. The fourth-order valence-corrected chi connectivity index (χ4v) is 3.90. The first-order valence-corrected chi connectivity index (χ1v) is 11.7. The molecule has 0 atom stereocenters. The Morgan fingerprint density at radius 2 is 1.60 bits per heavy atom. The van der Waals surface area contributed by atoms with Crippen LogP contribution < -0.4 is 10.1 Å². The summed E-state index contributed by atoms with van der Waals surface area (Å²) in [6, 6.07) is 26.9. The first-order valence-electron chi connectivity index (χ1n) is 11.7. The summed E-state index contributed by atoms with van der Waals surface area (Å²) < 4.78 is 7.41. The number of amides is 2. The minimum Gasteiger partial charge on any atom is -0.484 e. The van der Waals surface area contributed by atoms with Crippen LogP contribution in [-0.4, -0.2) is 38.9 Å². The number of carbonyl (C=O) groups excluding carboxylic acids is 2. The number of nitrogens with one attached hydrogen (secondary N) is 1. The summed E-state index contributed by atoms with van der Waals surface area (Å²) in [6.45, 7) is 4.80. The molecule has 0 spiro atoms. The minimum atomic E-state index is -0.258. The predicted molar refractivity (Wildman–Crippen MR) is 136 cm³/mol. The first-order chi connectivity index (χ1) is 17.0. The molecule has 0 radical (unpaired) electrons. The maximum absolute atomic E-state index is 13.4. The van der Waals surface area contributed by atoms with Crippen LogP contribution in [0.1, 0.15) is 25.2 Å². The number of carbonyl (C=O) groups is 2. The number of imidazole rings is 1. The second-order valence-electron chi connectivity index (χ2n) is 8.58. The SMILES string of the molecule is CC(C)N(Cc1ccccc1)C(=O)Cn1c(CNC(=O)COc2ccccc2)nc2ccccc21. The Morgan fingerprint density at radius 1 is 0.943 bits per heavy atom. The summed E-state index contributed by atoms with van der Waals surface area (Å²) in [7, 11) is 0. The van der Waals surface area contributed by atoms with Crippen molar-refractivity contribution in [2.45, 2.75) is 39.5 Å². The van der Waals surface area contributed by atoms with Crippen LogP contribution in [0.3, 0.4) is 0 Å². The summed E-state index contributed by atoms with van der Waals surface area (Å²) in [6.07, 6.45) is 0. The van der Waals surface area contributed by atoms with E-state index in [1.807, 2.05) is 96.1 Å². The second-order valence-corrected chi connectivity index (χ2v) is 8.58. The number of hydrogen-bond donors (Lipinski definition) is 1. The Hall–Kier alpha value is -4.13. The van der Waals surface area contributed by atoms with Gasteiger partial charge in [0.15, 0.2) is 6.61 Å². The molecule has 0 unspecified atom stereocenters. The molecule has 0 saturated carbocycles. The molecule has 0 aliphatic rings. The Bertz CT molecular complexity index is 1270. The van der Waals surface area contributed by atoms with Crippen molar-refractivity contribution in [1.29, 1.82) is 0 Å². The molecule has 0 bridgehead atoms. The number of rotatable bonds is 10. The fraction of sp³-hybridized carbons (Fsp3) is 0.250. The van der Waals surface area contributed by atoms with Crippen molar-refractivity contribution in [2.75, 3.05) is 6.61 Å². The third kappa shape index (κ3) is 6.26. The van der Waals surface area contributed by atoms with Gasteiger partial charge in [0.05, 0.1) is 17.6 Å². The minimum absolute atomic E-state index is 0.00741. The summed E-state index contributed by atoms with van der Waals surface area (Å²) in [4.78, 5) is 32.4. The van der Waals surface area contributed by atoms with Crippen molar-refractivity contribution in [1.82, 2.24) is 19.8 Å². The molecule has 1 heterocycles. The maximum atomic E-state index is 13.4. The molecular weight excluding hydrogens is 440 g/mol. The summed E-state index contributed by atoms with van der Waals surface area (Å²) in [5, 5.41) is 2.86. The fourth-order valence-electron chi connectivity index (χ4n) is 3.90. The molecule has 180 valence electrons. The average molecular weight is 471 g/mol. The molecule has 0 aliphatic carbocycles. The van der Waals surface area contributed by atoms with Gasteiger partial charge in [0.25, 0.3) is 5.91 Å². The van der Waals surface area contributed by atoms with Crippen LogP contribution in [0.25, 0.3) is 11.0 Å². The molecule has 3 aromatic carbocycles. The zero-order chi connectivity index (χ0) is 24.6. The van der Waals surface area contributed by atoms with Gasteiger partial charge in [-0.15, -0.1) is 0 Å². The van der Waals surface area contributed by atoms with Crippen molar-refractivity contribution >= 4 is 22.8 Å². The Morgan fingerprint density at radius 3 is 2.31 bits per heavy atom. The third-order valence-corrected chi connectivity index (χ3v) is 5.72. The molecule has 0 aliphatic heterocycles. The van der Waals surface area contributed by atoms with Gasteiger partial charge >= 0.3 is 0 Å². The summed E-state index contributed by atoms with van der Waals surface area (Å²) in [5.41, 5.74) is 2.72. The molecule has 0 fully saturated rings. The Kier molecular flexibility index (Phi) is 7.77. The van der Waals surface area contributed by atoms with Crippen LogP contribution >= 0.6 is 0 Å². The van der Waals surface area contributed by atoms with Gasteiger partial charge < -0.3 is 19.5 Å². The standard InChI is InChI=1S/C28H30N4O3/c1-21(2)31(18-22-11-5-3-6-12-22)28(34)19-32-25-16-10-9-15-24(25)30-26(32)17-29-27(33)20-35-23-13-7-4-8-14-23/h3-16,21H,17-20H2,1-2H3,(H,29,33). The quantitative estimate of drug-likeness (QED) is 0.377. The van der Waals surface area contributed by atoms with Crippen LogP contribution in [0.4, 0.5) is 0 Å². The van der Waals surface area contributed by atoms with Crippen molar-refractivity contribution in [2.24, 2.45) is 0 Å². The second kappa shape index (κ2) is 11.3. The van der Waals surface area contributed by atoms with Gasteiger partial charge in [-0.25, -0.2) is 4.98 Å². The van der Waals surface area contributed by atoms with Gasteiger partial charge in [-0.05, 0) is 43.7 Å². The topological polar surface area (TPSA) is 76.5 Å². The van der Waals surface area contributed by atoms with E-state index in [-0.39, 0.29) is 37.6 Å². The van der Waals surface area contributed by atoms with E-state index in [1.54, 1.807) is 12.1 Å². The lowest BCUT2D eigenvalue weighted by Crippen LogP contribution is -2.39. The Balaban J connectivity index is 1.47. The number of para-hydroxylation sites is 3. The van der Waals surface area contributed by atoms with E-state index >= 15 is 0 Å². The van der Waals surface area contributed by atoms with Crippen molar-refractivity contribution in [3.05, 3.63) is 96.3 Å². The molecular formula is C28H30N4O3. The maximum Gasteiger partial charge on any atom is 0.258 e. The van der Waals surface area contributed by atoms with Gasteiger partial charge in [0.1, 0.15) is 18.1 Å². The average Bonchev–Trinajstić information content (AvgIpc) is 3.23. The summed E-state index contributed by atoms with van der Waals surface area (Å²) in [5.74, 6) is 0.988. The van der Waals surface area contributed by atoms with Gasteiger partial charge in [-0.2, -0.15) is 0 Å². The smallest absolute Gasteiger partial charge is 0.258 e. The van der Waals surface area contributed by atoms with Crippen LogP contribution in [0, 0.1) is 0 Å². The van der Waals surface area contributed by atoms with E-state index in [0.717, 1.165) is 16.6 Å². The highest BCUT2D eigenvalue weighted by atomic mass is 16.5. The molecule has 0 saturated heterocycles. The van der Waals surface area contributed by atoms with Crippen molar-refractivity contribution in [3.63, 3.8) is 0 Å². The number of nitrogens with zero attached hydrogens (tertiary/aromatic N) is 3. The van der Waals surface area contributed by atoms with Crippen LogP contribution in [-0.2, 0) is 29.2 Å². The lowest BCUT2D eigenvalue weighted by Gasteiger charge is -2.27. The highest BCUT2D eigenvalue weighted by Gasteiger charge is 2.21. The monoisotopic (exact) mass is 470 g/mol. The van der Waals surface area contributed by atoms with Crippen molar-refractivity contribution < 1.29 is 14.3 Å². The van der Waals surface area contributed by atoms with Crippen LogP contribution in [0.5, 0.6) is 5.75 Å². The molecule has 35 heavy (non-hydrogen) atoms. The number of ether oxygens (including phenoxy) is 1. The van der Waals surface area contributed by atoms with Gasteiger partial charge in [-0.3, -0.25) is 9.59 Å². The molecule has 4 rings (SSSR count). The van der Waals surface area contributed by atoms with E-state index in [9.17, 15) is 9.59 Å². The van der Waals surface area contributed by atoms with Crippen molar-refractivity contribution in [3.8, 4) is 5.75 Å². The molecule has 4 aromatic rings. The lowest BCUT2D eigenvalue weighted by molar-refractivity contribution is -0.134. The third-order valence-electron chi connectivity index (χ3n) is 5.72. The van der Waals surface area contributed by atoms with Gasteiger partial charge in [0, 0.05) is 12.6 Å². The van der Waals surface area contributed by atoms with E-state index in [0.29, 0.717) is 18.1 Å². The molecule has 2 amide bonds. The van der Waals surface area contributed by atoms with E-state index < -0.39 is 0 Å². The van der Waals surface area contributed by atoms with Gasteiger partial charge in [-0.1, -0.05) is 60.7 Å². The predicted octanol–water partition coefficient (Wildman–Crippen LogP) is 4.17. The Labute approximate surface area is 205 Å². The largest absolute Gasteiger partial charge is 0.484 e. The number of fused-ring (bicyclic) bond motifs is 1. The lowest BCUT2D eigenvalue weighted by atomic mass is 10.2. The van der Waals surface area contributed by atoms with Crippen LogP contribution in [0.15, 0.2) is 84.9 Å². The number of aromatic nitrogens is 2. The highest BCUT2D eigenvalue weighted by molar-refractivity contribution is 5.82. The molecule has 7 heteroatoms. The van der Waals surface area contributed by atoms with Gasteiger partial charge in [0.2, 0.25) is 5.91 Å². The van der Waals surface area contributed by atoms with E-state index in [2.05, 4.69) is 10.3 Å². The highest BCUT2D eigenvalue weighted by Crippen LogP contribution is 2.18. The molecule has 1 N–H and O–H groups in total. The number of hydrogen-bond acceptors (Lipinski definition) is 4. The first kappa shape index (κ1) is 24.0. The zero-order valence-electron chi connectivity index (χ0n) is 20.1. The molecule has 1 aromatic heterocycles.